The fraction of sp³-hybridized carbons (Fsp3) is 0.467. The lowest BCUT2D eigenvalue weighted by Gasteiger charge is -2.19. The van der Waals surface area contributed by atoms with Gasteiger partial charge in [0, 0.05) is 6.07 Å². The van der Waals surface area contributed by atoms with Gasteiger partial charge in [-0.3, -0.25) is 9.36 Å². The number of fused-ring (bicyclic) bond motifs is 1. The van der Waals surface area contributed by atoms with Crippen LogP contribution in [0.1, 0.15) is 26.3 Å². The van der Waals surface area contributed by atoms with Crippen molar-refractivity contribution in [2.75, 3.05) is 6.61 Å². The van der Waals surface area contributed by atoms with Gasteiger partial charge in [0.05, 0.1) is 36.0 Å². The molecule has 4 nitrogen and oxygen atoms in total. The maximum absolute atomic E-state index is 13.4. The van der Waals surface area contributed by atoms with Crippen molar-refractivity contribution >= 4 is 10.9 Å². The van der Waals surface area contributed by atoms with Gasteiger partial charge in [-0.25, -0.2) is 9.37 Å². The van der Waals surface area contributed by atoms with E-state index in [-0.39, 0.29) is 17.0 Å². The minimum Gasteiger partial charge on any atom is -0.374 e. The molecule has 5 heteroatoms. The van der Waals surface area contributed by atoms with Crippen molar-refractivity contribution in [1.29, 1.82) is 0 Å². The highest BCUT2D eigenvalue weighted by atomic mass is 19.1. The lowest BCUT2D eigenvalue weighted by molar-refractivity contribution is -0.00717. The predicted molar refractivity (Wildman–Crippen MR) is 76.4 cm³/mol. The molecule has 0 aliphatic heterocycles. The number of benzene rings is 1. The second kappa shape index (κ2) is 5.32. The van der Waals surface area contributed by atoms with Crippen LogP contribution >= 0.6 is 0 Å². The molecule has 0 atom stereocenters. The molecule has 0 amide bonds. The summed E-state index contributed by atoms with van der Waals surface area (Å²) in [6, 6.07) is 2.84. The van der Waals surface area contributed by atoms with Crippen LogP contribution < -0.4 is 5.56 Å². The zero-order valence-corrected chi connectivity index (χ0v) is 12.2. The van der Waals surface area contributed by atoms with E-state index in [0.717, 1.165) is 0 Å². The molecular formula is C15H19FN2O2. The van der Waals surface area contributed by atoms with Crippen LogP contribution in [0.2, 0.25) is 0 Å². The Morgan fingerprint density at radius 2 is 2.05 bits per heavy atom. The summed E-state index contributed by atoms with van der Waals surface area (Å²) in [6.45, 7) is 8.36. The summed E-state index contributed by atoms with van der Waals surface area (Å²) in [5.41, 5.74) is 0.412. The van der Waals surface area contributed by atoms with E-state index in [4.69, 9.17) is 4.74 Å². The Hall–Kier alpha value is -1.75. The molecule has 2 rings (SSSR count). The third-order valence-electron chi connectivity index (χ3n) is 2.97. The van der Waals surface area contributed by atoms with Crippen LogP contribution in [0, 0.1) is 12.7 Å². The van der Waals surface area contributed by atoms with Crippen LogP contribution in [0.3, 0.4) is 0 Å². The van der Waals surface area contributed by atoms with E-state index in [1.807, 2.05) is 20.8 Å². The van der Waals surface area contributed by atoms with E-state index in [1.54, 1.807) is 13.0 Å². The van der Waals surface area contributed by atoms with Crippen LogP contribution in [-0.2, 0) is 11.3 Å². The predicted octanol–water partition coefficient (Wildman–Crippen LogP) is 2.66. The molecule has 0 N–H and O–H groups in total. The molecule has 1 aromatic carbocycles. The van der Waals surface area contributed by atoms with E-state index in [0.29, 0.717) is 29.6 Å². The van der Waals surface area contributed by atoms with Gasteiger partial charge in [-0.15, -0.1) is 0 Å². The maximum atomic E-state index is 13.4. The molecule has 0 bridgehead atoms. The van der Waals surface area contributed by atoms with E-state index < -0.39 is 0 Å². The normalized spacial score (nSPS) is 12.1. The first-order valence-electron chi connectivity index (χ1n) is 6.57. The van der Waals surface area contributed by atoms with Crippen molar-refractivity contribution < 1.29 is 9.13 Å². The molecule has 1 aromatic heterocycles. The van der Waals surface area contributed by atoms with Gasteiger partial charge in [0.1, 0.15) is 5.82 Å². The third kappa shape index (κ3) is 3.22. The van der Waals surface area contributed by atoms with E-state index in [1.165, 1.54) is 17.0 Å². The van der Waals surface area contributed by atoms with Crippen molar-refractivity contribution in [3.05, 3.63) is 40.2 Å². The van der Waals surface area contributed by atoms with Gasteiger partial charge in [-0.1, -0.05) is 0 Å². The molecule has 0 aliphatic carbocycles. The molecule has 0 saturated carbocycles. The van der Waals surface area contributed by atoms with E-state index >= 15 is 0 Å². The highest BCUT2D eigenvalue weighted by Crippen LogP contribution is 2.13. The second-order valence-electron chi connectivity index (χ2n) is 5.82. The maximum Gasteiger partial charge on any atom is 0.261 e. The van der Waals surface area contributed by atoms with Crippen LogP contribution in [0.15, 0.2) is 23.3 Å². The molecule has 0 fully saturated rings. The van der Waals surface area contributed by atoms with Crippen molar-refractivity contribution in [1.82, 2.24) is 9.55 Å². The standard InChI is InChI=1S/C15H19FN2O2/c1-10-7-11-13(8-12(10)16)17-9-18(14(11)19)5-6-20-15(2,3)4/h7-9H,5-6H2,1-4H3. The number of rotatable bonds is 3. The first-order valence-corrected chi connectivity index (χ1v) is 6.57. The van der Waals surface area contributed by atoms with Gasteiger partial charge in [0.15, 0.2) is 0 Å². The highest BCUT2D eigenvalue weighted by Gasteiger charge is 2.11. The number of aromatic nitrogens is 2. The summed E-state index contributed by atoms with van der Waals surface area (Å²) in [5, 5.41) is 0.433. The Kier molecular flexibility index (Phi) is 3.90. The molecule has 0 spiro atoms. The van der Waals surface area contributed by atoms with Gasteiger partial charge in [-0.05, 0) is 39.3 Å². The van der Waals surface area contributed by atoms with Crippen molar-refractivity contribution in [2.45, 2.75) is 39.8 Å². The molecule has 0 radical (unpaired) electrons. The Morgan fingerprint density at radius 1 is 1.35 bits per heavy atom. The number of nitrogens with zero attached hydrogens (tertiary/aromatic N) is 2. The molecule has 2 aromatic rings. The molecular weight excluding hydrogens is 259 g/mol. The zero-order valence-electron chi connectivity index (χ0n) is 12.2. The van der Waals surface area contributed by atoms with E-state index in [9.17, 15) is 9.18 Å². The lowest BCUT2D eigenvalue weighted by atomic mass is 10.1. The van der Waals surface area contributed by atoms with Gasteiger partial charge in [-0.2, -0.15) is 0 Å². The van der Waals surface area contributed by atoms with E-state index in [2.05, 4.69) is 4.98 Å². The van der Waals surface area contributed by atoms with Crippen molar-refractivity contribution in [3.8, 4) is 0 Å². The molecule has 0 unspecified atom stereocenters. The summed E-state index contributed by atoms with van der Waals surface area (Å²) >= 11 is 0. The quantitative estimate of drug-likeness (QED) is 0.867. The minimum atomic E-state index is -0.349. The summed E-state index contributed by atoms with van der Waals surface area (Å²) in [7, 11) is 0. The number of halogens is 1. The topological polar surface area (TPSA) is 44.1 Å². The fourth-order valence-electron chi connectivity index (χ4n) is 1.90. The van der Waals surface area contributed by atoms with Crippen LogP contribution in [-0.4, -0.2) is 21.8 Å². The smallest absolute Gasteiger partial charge is 0.261 e. The number of ether oxygens (including phenoxy) is 1. The Labute approximate surface area is 117 Å². The molecule has 0 aliphatic rings. The van der Waals surface area contributed by atoms with Crippen molar-refractivity contribution in [3.63, 3.8) is 0 Å². The Balaban J connectivity index is 2.30. The SMILES string of the molecule is Cc1cc2c(=O)n(CCOC(C)(C)C)cnc2cc1F. The first-order chi connectivity index (χ1) is 9.28. The third-order valence-corrected chi connectivity index (χ3v) is 2.97. The second-order valence-corrected chi connectivity index (χ2v) is 5.82. The largest absolute Gasteiger partial charge is 0.374 e. The van der Waals surface area contributed by atoms with Crippen molar-refractivity contribution in [2.24, 2.45) is 0 Å². The van der Waals surface area contributed by atoms with Gasteiger partial charge in [0.25, 0.3) is 5.56 Å². The highest BCUT2D eigenvalue weighted by molar-refractivity contribution is 5.78. The zero-order chi connectivity index (χ0) is 14.9. The summed E-state index contributed by atoms with van der Waals surface area (Å²) in [4.78, 5) is 16.4. The van der Waals surface area contributed by atoms with Gasteiger partial charge >= 0.3 is 0 Å². The summed E-state index contributed by atoms with van der Waals surface area (Å²) in [5.74, 6) is -0.349. The monoisotopic (exact) mass is 278 g/mol. The van der Waals surface area contributed by atoms with Gasteiger partial charge in [0.2, 0.25) is 0 Å². The fourth-order valence-corrected chi connectivity index (χ4v) is 1.90. The average molecular weight is 278 g/mol. The first kappa shape index (κ1) is 14.7. The van der Waals surface area contributed by atoms with Gasteiger partial charge < -0.3 is 4.74 Å². The minimum absolute atomic E-state index is 0.171. The van der Waals surface area contributed by atoms with Crippen LogP contribution in [0.25, 0.3) is 10.9 Å². The summed E-state index contributed by atoms with van der Waals surface area (Å²) in [6.07, 6.45) is 1.44. The molecule has 1 heterocycles. The number of hydrogen-bond donors (Lipinski definition) is 0. The van der Waals surface area contributed by atoms with Crippen LogP contribution in [0.5, 0.6) is 0 Å². The molecule has 20 heavy (non-hydrogen) atoms. The lowest BCUT2D eigenvalue weighted by Crippen LogP contribution is -2.27. The average Bonchev–Trinajstić information content (AvgIpc) is 2.33. The summed E-state index contributed by atoms with van der Waals surface area (Å²) < 4.78 is 20.5. The number of aryl methyl sites for hydroxylation is 1. The Morgan fingerprint density at radius 3 is 2.70 bits per heavy atom. The molecule has 108 valence electrons. The number of hydrogen-bond acceptors (Lipinski definition) is 3. The van der Waals surface area contributed by atoms with Crippen LogP contribution in [0.4, 0.5) is 4.39 Å². The Bertz CT molecular complexity index is 687. The molecule has 0 saturated heterocycles.